The van der Waals surface area contributed by atoms with Gasteiger partial charge in [0.2, 0.25) is 11.6 Å². The lowest BCUT2D eigenvalue weighted by Crippen LogP contribution is -2.05. The molecule has 0 radical (unpaired) electrons. The largest absolute Gasteiger partial charge is 0.432 e. The van der Waals surface area contributed by atoms with E-state index in [1.165, 1.54) is 18.2 Å². The summed E-state index contributed by atoms with van der Waals surface area (Å²) in [5.74, 6) is 0.281. The highest BCUT2D eigenvalue weighted by Gasteiger charge is 2.16. The standard InChI is InChI=1S/C13H12ClN3O3/c1-8(15)9-2-5-13(16-7-9)20-12-6-10(14)3-4-11(12)17(18)19/h2-8H,15H2,1H3/t8-/m0/s1. The van der Waals surface area contributed by atoms with Crippen LogP contribution >= 0.6 is 11.6 Å². The fourth-order valence-corrected chi connectivity index (χ4v) is 1.72. The van der Waals surface area contributed by atoms with Crippen molar-refractivity contribution in [2.75, 3.05) is 0 Å². The Morgan fingerprint density at radius 3 is 2.70 bits per heavy atom. The van der Waals surface area contributed by atoms with Crippen LogP contribution in [-0.4, -0.2) is 9.91 Å². The number of nitro groups is 1. The first kappa shape index (κ1) is 14.2. The lowest BCUT2D eigenvalue weighted by molar-refractivity contribution is -0.385. The number of ether oxygens (including phenoxy) is 1. The first-order valence-corrected chi connectivity index (χ1v) is 6.18. The topological polar surface area (TPSA) is 91.3 Å². The van der Waals surface area contributed by atoms with Gasteiger partial charge in [0, 0.05) is 35.5 Å². The third kappa shape index (κ3) is 3.23. The van der Waals surface area contributed by atoms with Gasteiger partial charge in [-0.05, 0) is 18.6 Å². The van der Waals surface area contributed by atoms with Crippen LogP contribution in [0.2, 0.25) is 5.02 Å². The zero-order valence-corrected chi connectivity index (χ0v) is 11.4. The van der Waals surface area contributed by atoms with E-state index in [9.17, 15) is 10.1 Å². The minimum Gasteiger partial charge on any atom is -0.432 e. The molecule has 1 atom stereocenters. The van der Waals surface area contributed by atoms with Gasteiger partial charge in [-0.3, -0.25) is 10.1 Å². The molecular formula is C13H12ClN3O3. The Kier molecular flexibility index (Phi) is 4.16. The second kappa shape index (κ2) is 5.85. The van der Waals surface area contributed by atoms with Crippen LogP contribution in [0.5, 0.6) is 11.6 Å². The van der Waals surface area contributed by atoms with Crippen LogP contribution in [-0.2, 0) is 0 Å². The number of rotatable bonds is 4. The summed E-state index contributed by atoms with van der Waals surface area (Å²) in [6, 6.07) is 7.30. The molecule has 0 aliphatic rings. The number of aromatic nitrogens is 1. The summed E-state index contributed by atoms with van der Waals surface area (Å²) in [6.45, 7) is 1.83. The minimum atomic E-state index is -0.540. The van der Waals surface area contributed by atoms with Crippen molar-refractivity contribution in [1.82, 2.24) is 4.98 Å². The molecule has 1 aromatic heterocycles. The SMILES string of the molecule is C[C@H](N)c1ccc(Oc2cc(Cl)ccc2[N+](=O)[O-])nc1. The van der Waals surface area contributed by atoms with E-state index in [4.69, 9.17) is 22.1 Å². The molecule has 0 aliphatic heterocycles. The summed E-state index contributed by atoms with van der Waals surface area (Å²) in [5, 5.41) is 11.3. The summed E-state index contributed by atoms with van der Waals surface area (Å²) in [5.41, 5.74) is 6.38. The van der Waals surface area contributed by atoms with Crippen LogP contribution in [0, 0.1) is 10.1 Å². The van der Waals surface area contributed by atoms with Crippen LogP contribution < -0.4 is 10.5 Å². The van der Waals surface area contributed by atoms with Gasteiger partial charge in [-0.2, -0.15) is 0 Å². The minimum absolute atomic E-state index is 0.0450. The van der Waals surface area contributed by atoms with Gasteiger partial charge in [0.1, 0.15) is 0 Å². The normalized spacial score (nSPS) is 11.9. The third-order valence-electron chi connectivity index (χ3n) is 2.62. The Labute approximate surface area is 120 Å². The van der Waals surface area contributed by atoms with Crippen LogP contribution in [0.15, 0.2) is 36.5 Å². The van der Waals surface area contributed by atoms with E-state index < -0.39 is 4.92 Å². The van der Waals surface area contributed by atoms with E-state index in [2.05, 4.69) is 4.98 Å². The first-order chi connectivity index (χ1) is 9.47. The zero-order chi connectivity index (χ0) is 14.7. The number of hydrogen-bond donors (Lipinski definition) is 1. The summed E-state index contributed by atoms with van der Waals surface area (Å²) in [4.78, 5) is 14.4. The molecule has 1 heterocycles. The maximum absolute atomic E-state index is 10.9. The number of pyridine rings is 1. The lowest BCUT2D eigenvalue weighted by Gasteiger charge is -2.08. The van der Waals surface area contributed by atoms with Crippen molar-refractivity contribution in [3.63, 3.8) is 0 Å². The molecule has 0 amide bonds. The summed E-state index contributed by atoms with van der Waals surface area (Å²) in [7, 11) is 0. The van der Waals surface area contributed by atoms with Crippen molar-refractivity contribution in [3.05, 3.63) is 57.2 Å². The van der Waals surface area contributed by atoms with E-state index in [0.29, 0.717) is 5.02 Å². The number of halogens is 1. The molecule has 0 spiro atoms. The van der Waals surface area contributed by atoms with Crippen LogP contribution in [0.3, 0.4) is 0 Å². The van der Waals surface area contributed by atoms with Crippen molar-refractivity contribution >= 4 is 17.3 Å². The van der Waals surface area contributed by atoms with Crippen molar-refractivity contribution in [2.45, 2.75) is 13.0 Å². The maximum atomic E-state index is 10.9. The Hall–Kier alpha value is -2.18. The molecule has 0 bridgehead atoms. The van der Waals surface area contributed by atoms with Crippen molar-refractivity contribution in [3.8, 4) is 11.6 Å². The molecule has 2 rings (SSSR count). The Morgan fingerprint density at radius 1 is 1.40 bits per heavy atom. The molecule has 2 N–H and O–H groups in total. The third-order valence-corrected chi connectivity index (χ3v) is 2.85. The van der Waals surface area contributed by atoms with Crippen molar-refractivity contribution in [2.24, 2.45) is 5.73 Å². The van der Waals surface area contributed by atoms with Crippen molar-refractivity contribution < 1.29 is 9.66 Å². The number of hydrogen-bond acceptors (Lipinski definition) is 5. The van der Waals surface area contributed by atoms with Gasteiger partial charge in [-0.15, -0.1) is 0 Å². The average Bonchev–Trinajstić information content (AvgIpc) is 2.39. The predicted molar refractivity (Wildman–Crippen MR) is 75.0 cm³/mol. The predicted octanol–water partition coefficient (Wildman–Crippen LogP) is 3.46. The van der Waals surface area contributed by atoms with Gasteiger partial charge in [0.25, 0.3) is 0 Å². The molecular weight excluding hydrogens is 282 g/mol. The van der Waals surface area contributed by atoms with E-state index >= 15 is 0 Å². The molecule has 0 fully saturated rings. The van der Waals surface area contributed by atoms with E-state index in [0.717, 1.165) is 5.56 Å². The Morgan fingerprint density at radius 2 is 2.15 bits per heavy atom. The molecule has 20 heavy (non-hydrogen) atoms. The lowest BCUT2D eigenvalue weighted by atomic mass is 10.2. The summed E-state index contributed by atoms with van der Waals surface area (Å²) >= 11 is 5.81. The number of nitrogens with two attached hydrogens (primary N) is 1. The van der Waals surface area contributed by atoms with Crippen LogP contribution in [0.1, 0.15) is 18.5 Å². The maximum Gasteiger partial charge on any atom is 0.311 e. The second-order valence-electron chi connectivity index (χ2n) is 4.19. The zero-order valence-electron chi connectivity index (χ0n) is 10.6. The molecule has 0 saturated heterocycles. The second-order valence-corrected chi connectivity index (χ2v) is 4.63. The van der Waals surface area contributed by atoms with Gasteiger partial charge in [0.05, 0.1) is 4.92 Å². The highest BCUT2D eigenvalue weighted by molar-refractivity contribution is 6.30. The monoisotopic (exact) mass is 293 g/mol. The summed E-state index contributed by atoms with van der Waals surface area (Å²) in [6.07, 6.45) is 1.57. The molecule has 104 valence electrons. The number of nitro benzene ring substituents is 1. The Balaban J connectivity index is 2.29. The Bertz CT molecular complexity index is 629. The molecule has 0 unspecified atom stereocenters. The highest BCUT2D eigenvalue weighted by Crippen LogP contribution is 2.33. The quantitative estimate of drug-likeness (QED) is 0.688. The smallest absolute Gasteiger partial charge is 0.311 e. The van der Waals surface area contributed by atoms with E-state index in [1.54, 1.807) is 18.3 Å². The molecule has 2 aromatic rings. The fourth-order valence-electron chi connectivity index (χ4n) is 1.55. The van der Waals surface area contributed by atoms with E-state index in [-0.39, 0.29) is 23.4 Å². The van der Waals surface area contributed by atoms with Crippen molar-refractivity contribution in [1.29, 1.82) is 0 Å². The van der Waals surface area contributed by atoms with Gasteiger partial charge in [-0.1, -0.05) is 17.7 Å². The van der Waals surface area contributed by atoms with Gasteiger partial charge >= 0.3 is 5.69 Å². The fraction of sp³-hybridized carbons (Fsp3) is 0.154. The number of nitrogens with zero attached hydrogens (tertiary/aromatic N) is 2. The highest BCUT2D eigenvalue weighted by atomic mass is 35.5. The van der Waals surface area contributed by atoms with Gasteiger partial charge < -0.3 is 10.5 Å². The molecule has 1 aromatic carbocycles. The molecule has 6 nitrogen and oxygen atoms in total. The average molecular weight is 294 g/mol. The number of benzene rings is 1. The van der Waals surface area contributed by atoms with Gasteiger partial charge in [-0.25, -0.2) is 4.98 Å². The molecule has 0 saturated carbocycles. The van der Waals surface area contributed by atoms with Crippen LogP contribution in [0.4, 0.5) is 5.69 Å². The van der Waals surface area contributed by atoms with Crippen LogP contribution in [0.25, 0.3) is 0 Å². The van der Waals surface area contributed by atoms with E-state index in [1.807, 2.05) is 6.92 Å². The molecule has 0 aliphatic carbocycles. The molecule has 7 heteroatoms. The van der Waals surface area contributed by atoms with Gasteiger partial charge in [0.15, 0.2) is 0 Å². The summed E-state index contributed by atoms with van der Waals surface area (Å²) < 4.78 is 5.41. The first-order valence-electron chi connectivity index (χ1n) is 5.80.